The Morgan fingerprint density at radius 1 is 1.28 bits per heavy atom. The second kappa shape index (κ2) is 8.76. The number of piperidine rings is 1. The van der Waals surface area contributed by atoms with Crippen LogP contribution >= 0.6 is 0 Å². The van der Waals surface area contributed by atoms with Gasteiger partial charge in [-0.25, -0.2) is 0 Å². The van der Waals surface area contributed by atoms with Gasteiger partial charge in [-0.1, -0.05) is 24.2 Å². The molecule has 6 heteroatoms. The van der Waals surface area contributed by atoms with Crippen molar-refractivity contribution in [2.75, 3.05) is 19.6 Å². The molecule has 1 aliphatic rings. The Kier molecular flexibility index (Phi) is 6.17. The number of carbonyl (C=O) groups excluding carboxylic acids is 1. The van der Waals surface area contributed by atoms with Crippen molar-refractivity contribution in [2.24, 2.45) is 5.92 Å². The van der Waals surface area contributed by atoms with E-state index in [0.29, 0.717) is 24.8 Å². The average molecular weight is 342 g/mol. The number of hydrogen-bond donors (Lipinski definition) is 2. The summed E-state index contributed by atoms with van der Waals surface area (Å²) in [6.45, 7) is 4.73. The lowest BCUT2D eigenvalue weighted by molar-refractivity contribution is -0.122. The third-order valence-corrected chi connectivity index (χ3v) is 4.65. The Labute approximate surface area is 148 Å². The standard InChI is InChI=1S/C19H26N4O2/c1-2-17-22-19(25-23-17)16-5-3-14(4-6-16)9-12-21-18(24)13-15-7-10-20-11-8-15/h3-6,15,20H,2,7-13H2,1H3,(H,21,24). The van der Waals surface area contributed by atoms with Crippen molar-refractivity contribution in [3.63, 3.8) is 0 Å². The molecule has 0 bridgehead atoms. The number of aromatic nitrogens is 2. The van der Waals surface area contributed by atoms with E-state index in [9.17, 15) is 4.79 Å². The molecular formula is C19H26N4O2. The molecule has 1 saturated heterocycles. The summed E-state index contributed by atoms with van der Waals surface area (Å²) < 4.78 is 5.24. The smallest absolute Gasteiger partial charge is 0.257 e. The Bertz CT molecular complexity index is 675. The molecule has 1 fully saturated rings. The topological polar surface area (TPSA) is 80.0 Å². The normalized spacial score (nSPS) is 15.2. The van der Waals surface area contributed by atoms with E-state index in [4.69, 9.17) is 4.52 Å². The van der Waals surface area contributed by atoms with Gasteiger partial charge >= 0.3 is 0 Å². The van der Waals surface area contributed by atoms with Crippen LogP contribution in [0, 0.1) is 5.92 Å². The summed E-state index contributed by atoms with van der Waals surface area (Å²) in [5.74, 6) is 1.97. The van der Waals surface area contributed by atoms with Crippen molar-refractivity contribution >= 4 is 5.91 Å². The van der Waals surface area contributed by atoms with Gasteiger partial charge in [-0.15, -0.1) is 0 Å². The fourth-order valence-electron chi connectivity index (χ4n) is 3.10. The quantitative estimate of drug-likeness (QED) is 0.807. The number of rotatable bonds is 7. The first-order chi connectivity index (χ1) is 12.2. The van der Waals surface area contributed by atoms with Crippen LogP contribution in [0.25, 0.3) is 11.5 Å². The molecule has 0 radical (unpaired) electrons. The molecule has 1 aromatic carbocycles. The van der Waals surface area contributed by atoms with Crippen LogP contribution in [0.15, 0.2) is 28.8 Å². The van der Waals surface area contributed by atoms with Gasteiger partial charge in [0.15, 0.2) is 5.82 Å². The molecule has 0 spiro atoms. The predicted molar refractivity (Wildman–Crippen MR) is 96.0 cm³/mol. The Balaban J connectivity index is 1.43. The summed E-state index contributed by atoms with van der Waals surface area (Å²) in [5, 5.41) is 10.3. The van der Waals surface area contributed by atoms with E-state index in [1.807, 2.05) is 31.2 Å². The van der Waals surface area contributed by atoms with E-state index < -0.39 is 0 Å². The van der Waals surface area contributed by atoms with Gasteiger partial charge < -0.3 is 15.2 Å². The molecule has 134 valence electrons. The zero-order chi connectivity index (χ0) is 17.5. The average Bonchev–Trinajstić information content (AvgIpc) is 3.12. The van der Waals surface area contributed by atoms with Gasteiger partial charge in [0.25, 0.3) is 5.89 Å². The van der Waals surface area contributed by atoms with Gasteiger partial charge in [0.1, 0.15) is 0 Å². The lowest BCUT2D eigenvalue weighted by Gasteiger charge is -2.21. The van der Waals surface area contributed by atoms with Gasteiger partial charge in [-0.2, -0.15) is 4.98 Å². The highest BCUT2D eigenvalue weighted by molar-refractivity contribution is 5.76. The largest absolute Gasteiger partial charge is 0.356 e. The van der Waals surface area contributed by atoms with Gasteiger partial charge in [-0.3, -0.25) is 4.79 Å². The number of amides is 1. The van der Waals surface area contributed by atoms with Crippen LogP contribution < -0.4 is 10.6 Å². The van der Waals surface area contributed by atoms with Crippen LogP contribution in [0.2, 0.25) is 0 Å². The van der Waals surface area contributed by atoms with Crippen molar-refractivity contribution in [2.45, 2.75) is 39.0 Å². The van der Waals surface area contributed by atoms with E-state index >= 15 is 0 Å². The minimum absolute atomic E-state index is 0.168. The number of carbonyl (C=O) groups is 1. The zero-order valence-corrected chi connectivity index (χ0v) is 14.8. The summed E-state index contributed by atoms with van der Waals surface area (Å²) >= 11 is 0. The second-order valence-electron chi connectivity index (χ2n) is 6.56. The Morgan fingerprint density at radius 3 is 2.72 bits per heavy atom. The van der Waals surface area contributed by atoms with Crippen LogP contribution in [0.4, 0.5) is 0 Å². The third kappa shape index (κ3) is 5.13. The van der Waals surface area contributed by atoms with Crippen molar-refractivity contribution in [1.29, 1.82) is 0 Å². The summed E-state index contributed by atoms with van der Waals surface area (Å²) in [5.41, 5.74) is 2.10. The van der Waals surface area contributed by atoms with Gasteiger partial charge in [-0.05, 0) is 56.0 Å². The van der Waals surface area contributed by atoms with E-state index in [1.54, 1.807) is 0 Å². The molecule has 3 rings (SSSR count). The molecule has 2 aromatic rings. The van der Waals surface area contributed by atoms with Crippen LogP contribution in [-0.2, 0) is 17.6 Å². The Hall–Kier alpha value is -2.21. The first kappa shape index (κ1) is 17.6. The Morgan fingerprint density at radius 2 is 2.04 bits per heavy atom. The van der Waals surface area contributed by atoms with Crippen molar-refractivity contribution in [3.05, 3.63) is 35.7 Å². The highest BCUT2D eigenvalue weighted by Gasteiger charge is 2.16. The van der Waals surface area contributed by atoms with Crippen LogP contribution in [0.1, 0.15) is 37.6 Å². The van der Waals surface area contributed by atoms with Crippen molar-refractivity contribution in [1.82, 2.24) is 20.8 Å². The summed E-state index contributed by atoms with van der Waals surface area (Å²) in [6.07, 6.45) is 4.44. The van der Waals surface area contributed by atoms with Crippen LogP contribution in [0.5, 0.6) is 0 Å². The zero-order valence-electron chi connectivity index (χ0n) is 14.8. The van der Waals surface area contributed by atoms with E-state index in [0.717, 1.165) is 50.2 Å². The van der Waals surface area contributed by atoms with Crippen LogP contribution in [0.3, 0.4) is 0 Å². The van der Waals surface area contributed by atoms with Gasteiger partial charge in [0, 0.05) is 24.9 Å². The molecule has 1 aliphatic heterocycles. The maximum absolute atomic E-state index is 12.0. The molecule has 2 N–H and O–H groups in total. The number of hydrogen-bond acceptors (Lipinski definition) is 5. The highest BCUT2D eigenvalue weighted by atomic mass is 16.5. The minimum Gasteiger partial charge on any atom is -0.356 e. The molecule has 0 aliphatic carbocycles. The number of aryl methyl sites for hydroxylation is 1. The lowest BCUT2D eigenvalue weighted by atomic mass is 9.94. The SMILES string of the molecule is CCc1noc(-c2ccc(CCNC(=O)CC3CCNCC3)cc2)n1. The highest BCUT2D eigenvalue weighted by Crippen LogP contribution is 2.18. The molecule has 25 heavy (non-hydrogen) atoms. The van der Waals surface area contributed by atoms with E-state index in [1.165, 1.54) is 5.56 Å². The van der Waals surface area contributed by atoms with Gasteiger partial charge in [0.2, 0.25) is 5.91 Å². The van der Waals surface area contributed by atoms with Crippen molar-refractivity contribution in [3.8, 4) is 11.5 Å². The minimum atomic E-state index is 0.168. The van der Waals surface area contributed by atoms with Crippen molar-refractivity contribution < 1.29 is 9.32 Å². The molecule has 1 amide bonds. The monoisotopic (exact) mass is 342 g/mol. The molecular weight excluding hydrogens is 316 g/mol. The second-order valence-corrected chi connectivity index (χ2v) is 6.56. The molecule has 0 atom stereocenters. The molecule has 6 nitrogen and oxygen atoms in total. The van der Waals surface area contributed by atoms with E-state index in [2.05, 4.69) is 20.8 Å². The lowest BCUT2D eigenvalue weighted by Crippen LogP contribution is -2.33. The van der Waals surface area contributed by atoms with Crippen LogP contribution in [-0.4, -0.2) is 35.7 Å². The maximum Gasteiger partial charge on any atom is 0.257 e. The van der Waals surface area contributed by atoms with Gasteiger partial charge in [0.05, 0.1) is 0 Å². The predicted octanol–water partition coefficient (Wildman–Crippen LogP) is 2.35. The fraction of sp³-hybridized carbons (Fsp3) is 0.526. The molecule has 0 unspecified atom stereocenters. The first-order valence-electron chi connectivity index (χ1n) is 9.14. The maximum atomic E-state index is 12.0. The molecule has 2 heterocycles. The summed E-state index contributed by atoms with van der Waals surface area (Å²) in [4.78, 5) is 16.3. The first-order valence-corrected chi connectivity index (χ1v) is 9.14. The molecule has 1 aromatic heterocycles. The third-order valence-electron chi connectivity index (χ3n) is 4.65. The molecule has 0 saturated carbocycles. The number of benzene rings is 1. The number of nitrogens with zero attached hydrogens (tertiary/aromatic N) is 2. The van der Waals surface area contributed by atoms with E-state index in [-0.39, 0.29) is 5.91 Å². The number of nitrogens with one attached hydrogen (secondary N) is 2. The fourth-order valence-corrected chi connectivity index (χ4v) is 3.10. The summed E-state index contributed by atoms with van der Waals surface area (Å²) in [6, 6.07) is 8.06. The summed E-state index contributed by atoms with van der Waals surface area (Å²) in [7, 11) is 0.